The molecule has 0 saturated heterocycles. The Morgan fingerprint density at radius 2 is 2.14 bits per heavy atom. The van der Waals surface area contributed by atoms with E-state index in [0.717, 1.165) is 25.3 Å². The van der Waals surface area contributed by atoms with Crippen molar-refractivity contribution in [3.05, 3.63) is 11.1 Å². The lowest BCUT2D eigenvalue weighted by molar-refractivity contribution is 0.109. The molecular formula is C11H22ClNO. The lowest BCUT2D eigenvalue weighted by atomic mass is 10.1. The molecule has 1 unspecified atom stereocenters. The van der Waals surface area contributed by atoms with Crippen molar-refractivity contribution < 1.29 is 4.74 Å². The second-order valence-electron chi connectivity index (χ2n) is 3.85. The molecule has 0 aromatic heterocycles. The first kappa shape index (κ1) is 13.9. The summed E-state index contributed by atoms with van der Waals surface area (Å²) in [6.07, 6.45) is 0. The third kappa shape index (κ3) is 6.41. The Balaban J connectivity index is 3.84. The minimum atomic E-state index is 0.404. The molecular weight excluding hydrogens is 198 g/mol. The van der Waals surface area contributed by atoms with Gasteiger partial charge >= 0.3 is 0 Å². The highest BCUT2D eigenvalue weighted by Crippen LogP contribution is 2.03. The van der Waals surface area contributed by atoms with Crippen molar-refractivity contribution in [2.75, 3.05) is 19.8 Å². The maximum absolute atomic E-state index is 5.59. The molecule has 0 radical (unpaired) electrons. The highest BCUT2D eigenvalue weighted by atomic mass is 35.5. The fourth-order valence-electron chi connectivity index (χ4n) is 1.06. The van der Waals surface area contributed by atoms with Crippen LogP contribution in [0.15, 0.2) is 11.1 Å². The van der Waals surface area contributed by atoms with Gasteiger partial charge < -0.3 is 10.1 Å². The summed E-state index contributed by atoms with van der Waals surface area (Å²) in [6, 6.07) is 0.404. The number of rotatable bonds is 7. The molecule has 0 aromatic rings. The van der Waals surface area contributed by atoms with Gasteiger partial charge in [-0.2, -0.15) is 0 Å². The van der Waals surface area contributed by atoms with E-state index in [1.165, 1.54) is 0 Å². The van der Waals surface area contributed by atoms with E-state index >= 15 is 0 Å². The van der Waals surface area contributed by atoms with Crippen LogP contribution in [-0.4, -0.2) is 25.8 Å². The number of nitrogens with one attached hydrogen (secondary N) is 1. The van der Waals surface area contributed by atoms with Gasteiger partial charge in [-0.3, -0.25) is 0 Å². The lowest BCUT2D eigenvalue weighted by Crippen LogP contribution is -2.38. The molecule has 0 spiro atoms. The van der Waals surface area contributed by atoms with Crippen molar-refractivity contribution in [1.29, 1.82) is 0 Å². The van der Waals surface area contributed by atoms with E-state index in [9.17, 15) is 0 Å². The van der Waals surface area contributed by atoms with E-state index in [2.05, 4.69) is 19.2 Å². The van der Waals surface area contributed by atoms with Gasteiger partial charge in [0.25, 0.3) is 0 Å². The fourth-order valence-corrected chi connectivity index (χ4v) is 1.14. The zero-order chi connectivity index (χ0) is 11.0. The minimum Gasteiger partial charge on any atom is -0.380 e. The molecule has 0 fully saturated rings. The van der Waals surface area contributed by atoms with Gasteiger partial charge in [-0.25, -0.2) is 0 Å². The predicted molar refractivity (Wildman–Crippen MR) is 62.7 cm³/mol. The van der Waals surface area contributed by atoms with Crippen LogP contribution in [0.2, 0.25) is 0 Å². The molecule has 0 rings (SSSR count). The van der Waals surface area contributed by atoms with Crippen LogP contribution in [0.4, 0.5) is 0 Å². The average Bonchev–Trinajstić information content (AvgIpc) is 2.16. The Hall–Kier alpha value is -0.0500. The van der Waals surface area contributed by atoms with Gasteiger partial charge in [0.05, 0.1) is 6.61 Å². The second-order valence-corrected chi connectivity index (χ2v) is 4.06. The van der Waals surface area contributed by atoms with E-state index in [1.54, 1.807) is 5.54 Å². The van der Waals surface area contributed by atoms with Gasteiger partial charge in [0, 0.05) is 24.7 Å². The highest BCUT2D eigenvalue weighted by Gasteiger charge is 2.12. The lowest BCUT2D eigenvalue weighted by Gasteiger charge is -2.22. The standard InChI is InChI=1S/C11H22ClNO/c1-5-14-8-11(9(2)3)13-7-10(4)6-12/h6,9,11,13H,5,7-8H2,1-4H3. The SMILES string of the molecule is CCOCC(NCC(C)=CCl)C(C)C. The molecule has 0 heterocycles. The first-order valence-corrected chi connectivity index (χ1v) is 5.62. The Kier molecular flexibility index (Phi) is 8.24. The van der Waals surface area contributed by atoms with E-state index in [1.807, 2.05) is 13.8 Å². The predicted octanol–water partition coefficient (Wildman–Crippen LogP) is 2.78. The molecule has 84 valence electrons. The zero-order valence-corrected chi connectivity index (χ0v) is 10.4. The van der Waals surface area contributed by atoms with Crippen LogP contribution in [0.25, 0.3) is 0 Å². The summed E-state index contributed by atoms with van der Waals surface area (Å²) in [7, 11) is 0. The second kappa shape index (κ2) is 8.27. The molecule has 14 heavy (non-hydrogen) atoms. The summed E-state index contributed by atoms with van der Waals surface area (Å²) in [4.78, 5) is 0. The molecule has 0 bridgehead atoms. The number of ether oxygens (including phenoxy) is 1. The average molecular weight is 220 g/mol. The Labute approximate surface area is 92.7 Å². The Morgan fingerprint density at radius 3 is 2.57 bits per heavy atom. The van der Waals surface area contributed by atoms with Crippen LogP contribution in [0.1, 0.15) is 27.7 Å². The van der Waals surface area contributed by atoms with E-state index in [4.69, 9.17) is 16.3 Å². The van der Waals surface area contributed by atoms with E-state index in [-0.39, 0.29) is 0 Å². The van der Waals surface area contributed by atoms with E-state index < -0.39 is 0 Å². The molecule has 2 nitrogen and oxygen atoms in total. The van der Waals surface area contributed by atoms with Crippen LogP contribution in [0.3, 0.4) is 0 Å². The molecule has 0 aliphatic rings. The number of hydrogen-bond donors (Lipinski definition) is 1. The maximum Gasteiger partial charge on any atom is 0.0622 e. The topological polar surface area (TPSA) is 21.3 Å². The third-order valence-corrected chi connectivity index (χ3v) is 2.51. The molecule has 1 N–H and O–H groups in total. The smallest absolute Gasteiger partial charge is 0.0622 e. The van der Waals surface area contributed by atoms with Crippen molar-refractivity contribution >= 4 is 11.6 Å². The number of hydrogen-bond acceptors (Lipinski definition) is 2. The largest absolute Gasteiger partial charge is 0.380 e. The summed E-state index contributed by atoms with van der Waals surface area (Å²) in [5.74, 6) is 0.574. The third-order valence-electron chi connectivity index (χ3n) is 2.14. The van der Waals surface area contributed by atoms with Crippen molar-refractivity contribution in [3.63, 3.8) is 0 Å². The van der Waals surface area contributed by atoms with Crippen molar-refractivity contribution in [1.82, 2.24) is 5.32 Å². The van der Waals surface area contributed by atoms with Gasteiger partial charge in [0.2, 0.25) is 0 Å². The summed E-state index contributed by atoms with van der Waals surface area (Å²) in [5.41, 5.74) is 2.76. The molecule has 0 aliphatic heterocycles. The van der Waals surface area contributed by atoms with Crippen molar-refractivity contribution in [3.8, 4) is 0 Å². The fraction of sp³-hybridized carbons (Fsp3) is 0.818. The van der Waals surface area contributed by atoms with Crippen LogP contribution < -0.4 is 5.32 Å². The van der Waals surface area contributed by atoms with E-state index in [0.29, 0.717) is 12.0 Å². The molecule has 0 aromatic carbocycles. The summed E-state index contributed by atoms with van der Waals surface area (Å²) in [5, 5.41) is 3.43. The zero-order valence-electron chi connectivity index (χ0n) is 9.64. The minimum absolute atomic E-state index is 0.404. The molecule has 0 saturated carbocycles. The molecule has 1 atom stereocenters. The van der Waals surface area contributed by atoms with Gasteiger partial charge in [0.1, 0.15) is 0 Å². The monoisotopic (exact) mass is 219 g/mol. The van der Waals surface area contributed by atoms with Gasteiger partial charge in [0.15, 0.2) is 0 Å². The maximum atomic E-state index is 5.59. The normalized spacial score (nSPS) is 14.9. The van der Waals surface area contributed by atoms with Gasteiger partial charge in [-0.1, -0.05) is 25.4 Å². The Morgan fingerprint density at radius 1 is 1.50 bits per heavy atom. The summed E-state index contributed by atoms with van der Waals surface area (Å²) >= 11 is 5.59. The molecule has 0 aliphatic carbocycles. The number of halogens is 1. The van der Waals surface area contributed by atoms with Crippen LogP contribution >= 0.6 is 11.6 Å². The van der Waals surface area contributed by atoms with Crippen LogP contribution in [0.5, 0.6) is 0 Å². The summed E-state index contributed by atoms with van der Waals surface area (Å²) < 4.78 is 5.41. The van der Waals surface area contributed by atoms with Gasteiger partial charge in [-0.05, 0) is 25.3 Å². The highest BCUT2D eigenvalue weighted by molar-refractivity contribution is 6.25. The Bertz CT molecular complexity index is 169. The summed E-state index contributed by atoms with van der Waals surface area (Å²) in [6.45, 7) is 10.8. The van der Waals surface area contributed by atoms with Crippen molar-refractivity contribution in [2.45, 2.75) is 33.7 Å². The molecule has 0 amide bonds. The quantitative estimate of drug-likeness (QED) is 0.711. The van der Waals surface area contributed by atoms with Crippen molar-refractivity contribution in [2.24, 2.45) is 5.92 Å². The molecule has 3 heteroatoms. The van der Waals surface area contributed by atoms with Gasteiger partial charge in [-0.15, -0.1) is 0 Å². The first-order chi connectivity index (χ1) is 6.61. The van der Waals surface area contributed by atoms with Crippen LogP contribution in [-0.2, 0) is 4.74 Å². The first-order valence-electron chi connectivity index (χ1n) is 5.18. The van der Waals surface area contributed by atoms with Crippen LogP contribution in [0, 0.1) is 5.92 Å².